The quantitative estimate of drug-likeness (QED) is 0.589. The van der Waals surface area contributed by atoms with Crippen LogP contribution in [0.1, 0.15) is 55.4 Å². The zero-order valence-electron chi connectivity index (χ0n) is 19.2. The van der Waals surface area contributed by atoms with Crippen LogP contribution in [0.25, 0.3) is 10.2 Å². The molecule has 0 spiro atoms. The van der Waals surface area contributed by atoms with Crippen LogP contribution in [-0.4, -0.2) is 22.7 Å². The molecule has 2 aliphatic rings. The molecule has 3 aromatic rings. The number of aromatic nitrogens is 2. The predicted molar refractivity (Wildman–Crippen MR) is 128 cm³/mol. The van der Waals surface area contributed by atoms with E-state index in [1.807, 2.05) is 18.2 Å². The number of hydrogen-bond acceptors (Lipinski definition) is 6. The lowest BCUT2D eigenvalue weighted by Gasteiger charge is -2.33. The molecular weight excluding hydrogens is 438 g/mol. The summed E-state index contributed by atoms with van der Waals surface area (Å²) in [5, 5.41) is 3.67. The molecule has 1 amide bonds. The third-order valence-corrected chi connectivity index (χ3v) is 7.86. The summed E-state index contributed by atoms with van der Waals surface area (Å²) in [6.07, 6.45) is 3.70. The van der Waals surface area contributed by atoms with E-state index in [4.69, 9.17) is 14.5 Å². The Morgan fingerprint density at radius 1 is 1.27 bits per heavy atom. The van der Waals surface area contributed by atoms with Crippen molar-refractivity contribution in [2.45, 2.75) is 59.4 Å². The average molecular weight is 468 g/mol. The second kappa shape index (κ2) is 8.48. The van der Waals surface area contributed by atoms with Crippen LogP contribution >= 0.6 is 11.3 Å². The number of H-pyrrole nitrogens is 1. The van der Waals surface area contributed by atoms with Crippen LogP contribution in [-0.2, 0) is 30.6 Å². The lowest BCUT2D eigenvalue weighted by atomic mass is 9.72. The van der Waals surface area contributed by atoms with Gasteiger partial charge in [0.05, 0.1) is 5.39 Å². The predicted octanol–water partition coefficient (Wildman–Crippen LogP) is 4.11. The molecule has 2 N–H and O–H groups in total. The Labute approximate surface area is 196 Å². The summed E-state index contributed by atoms with van der Waals surface area (Å²) >= 11 is 1.65. The van der Waals surface area contributed by atoms with Crippen molar-refractivity contribution in [2.75, 3.05) is 6.79 Å². The van der Waals surface area contributed by atoms with Gasteiger partial charge >= 0.3 is 0 Å². The average Bonchev–Trinajstić information content (AvgIpc) is 3.38. The van der Waals surface area contributed by atoms with E-state index in [2.05, 4.69) is 31.1 Å². The van der Waals surface area contributed by atoms with E-state index in [0.29, 0.717) is 30.5 Å². The first-order valence-electron chi connectivity index (χ1n) is 11.5. The molecule has 8 heteroatoms. The Bertz CT molecular complexity index is 1270. The van der Waals surface area contributed by atoms with Crippen LogP contribution in [0, 0.1) is 11.3 Å². The molecule has 0 saturated heterocycles. The molecule has 1 atom stereocenters. The van der Waals surface area contributed by atoms with Crippen molar-refractivity contribution in [3.05, 3.63) is 50.4 Å². The molecule has 0 saturated carbocycles. The fourth-order valence-electron chi connectivity index (χ4n) is 4.66. The van der Waals surface area contributed by atoms with Gasteiger partial charge < -0.3 is 19.8 Å². The number of nitrogens with zero attached hydrogens (tertiary/aromatic N) is 1. The Kier molecular flexibility index (Phi) is 5.64. The minimum atomic E-state index is -0.0890. The van der Waals surface area contributed by atoms with Crippen molar-refractivity contribution >= 4 is 27.5 Å². The first-order chi connectivity index (χ1) is 15.8. The normalized spacial score (nSPS) is 17.2. The number of aromatic amines is 1. The van der Waals surface area contributed by atoms with Gasteiger partial charge in [0.15, 0.2) is 11.5 Å². The lowest BCUT2D eigenvalue weighted by Crippen LogP contribution is -2.26. The fraction of sp³-hybridized carbons (Fsp3) is 0.480. The summed E-state index contributed by atoms with van der Waals surface area (Å²) in [7, 11) is 0. The number of fused-ring (bicyclic) bond motifs is 4. The summed E-state index contributed by atoms with van der Waals surface area (Å²) in [6.45, 7) is 7.50. The number of carbonyl (C=O) groups excluding carboxylic acids is 1. The maximum atomic E-state index is 12.8. The molecule has 1 aliphatic heterocycles. The van der Waals surface area contributed by atoms with Crippen LogP contribution in [0.3, 0.4) is 0 Å². The first-order valence-corrected chi connectivity index (χ1v) is 12.3. The maximum Gasteiger partial charge on any atom is 0.259 e. The van der Waals surface area contributed by atoms with Gasteiger partial charge in [0.2, 0.25) is 12.7 Å². The highest BCUT2D eigenvalue weighted by Crippen LogP contribution is 2.42. The second-order valence-corrected chi connectivity index (χ2v) is 11.1. The summed E-state index contributed by atoms with van der Waals surface area (Å²) in [4.78, 5) is 34.9. The molecule has 7 nitrogen and oxygen atoms in total. The number of carbonyl (C=O) groups is 1. The topological polar surface area (TPSA) is 93.3 Å². The van der Waals surface area contributed by atoms with Crippen molar-refractivity contribution in [3.8, 4) is 11.5 Å². The van der Waals surface area contributed by atoms with Crippen LogP contribution in [0.4, 0.5) is 0 Å². The second-order valence-electron chi connectivity index (χ2n) is 9.97. The molecule has 0 bridgehead atoms. The number of hydrogen-bond donors (Lipinski definition) is 2. The van der Waals surface area contributed by atoms with Gasteiger partial charge in [-0.2, -0.15) is 0 Å². The van der Waals surface area contributed by atoms with Gasteiger partial charge in [0.25, 0.3) is 5.56 Å². The summed E-state index contributed by atoms with van der Waals surface area (Å²) in [5.74, 6) is 2.51. The van der Waals surface area contributed by atoms with Gasteiger partial charge in [0, 0.05) is 24.3 Å². The minimum absolute atomic E-state index is 0.0810. The van der Waals surface area contributed by atoms with Crippen molar-refractivity contribution in [3.63, 3.8) is 0 Å². The largest absolute Gasteiger partial charge is 0.454 e. The van der Waals surface area contributed by atoms with E-state index < -0.39 is 0 Å². The molecule has 174 valence electrons. The maximum absolute atomic E-state index is 12.8. The molecule has 1 aliphatic carbocycles. The van der Waals surface area contributed by atoms with Gasteiger partial charge in [-0.05, 0) is 53.9 Å². The van der Waals surface area contributed by atoms with E-state index in [0.717, 1.165) is 40.8 Å². The zero-order chi connectivity index (χ0) is 23.2. The fourth-order valence-corrected chi connectivity index (χ4v) is 5.98. The molecular formula is C25H29N3O4S. The molecule has 0 unspecified atom stereocenters. The van der Waals surface area contributed by atoms with E-state index in [-0.39, 0.29) is 30.1 Å². The van der Waals surface area contributed by atoms with Crippen LogP contribution in [0.15, 0.2) is 23.0 Å². The van der Waals surface area contributed by atoms with Gasteiger partial charge in [-0.25, -0.2) is 4.98 Å². The monoisotopic (exact) mass is 467 g/mol. The highest BCUT2D eigenvalue weighted by atomic mass is 32.1. The Balaban J connectivity index is 1.23. The van der Waals surface area contributed by atoms with Crippen LogP contribution < -0.4 is 20.3 Å². The van der Waals surface area contributed by atoms with E-state index in [9.17, 15) is 9.59 Å². The van der Waals surface area contributed by atoms with Crippen LogP contribution in [0.5, 0.6) is 11.5 Å². The Hall–Kier alpha value is -2.87. The van der Waals surface area contributed by atoms with Crippen LogP contribution in [0.2, 0.25) is 0 Å². The SMILES string of the molecule is CC(C)(C)[C@@H]1CCc2c(sc3nc(CCC(=O)NCc4ccc5c(c4)OCO5)[nH]c(=O)c23)C1. The smallest absolute Gasteiger partial charge is 0.259 e. The van der Waals surface area contributed by atoms with E-state index >= 15 is 0 Å². The third kappa shape index (κ3) is 4.49. The van der Waals surface area contributed by atoms with Crippen molar-refractivity contribution in [1.82, 2.24) is 15.3 Å². The number of rotatable bonds is 5. The van der Waals surface area contributed by atoms with Gasteiger partial charge in [-0.15, -0.1) is 11.3 Å². The molecule has 2 aromatic heterocycles. The number of amides is 1. The van der Waals surface area contributed by atoms with Gasteiger partial charge in [-0.1, -0.05) is 26.8 Å². The Morgan fingerprint density at radius 3 is 2.91 bits per heavy atom. The number of thiophene rings is 1. The molecule has 0 fully saturated rings. The van der Waals surface area contributed by atoms with Gasteiger partial charge in [0.1, 0.15) is 10.7 Å². The molecule has 33 heavy (non-hydrogen) atoms. The highest BCUT2D eigenvalue weighted by Gasteiger charge is 2.31. The van der Waals surface area contributed by atoms with Crippen molar-refractivity contribution < 1.29 is 14.3 Å². The van der Waals surface area contributed by atoms with E-state index in [1.54, 1.807) is 11.3 Å². The third-order valence-electron chi connectivity index (χ3n) is 6.71. The van der Waals surface area contributed by atoms with Crippen molar-refractivity contribution in [1.29, 1.82) is 0 Å². The summed E-state index contributed by atoms with van der Waals surface area (Å²) in [6, 6.07) is 5.62. The number of nitrogens with one attached hydrogen (secondary N) is 2. The first kappa shape index (κ1) is 21.9. The number of aryl methyl sites for hydroxylation is 2. The molecule has 3 heterocycles. The highest BCUT2D eigenvalue weighted by molar-refractivity contribution is 7.18. The summed E-state index contributed by atoms with van der Waals surface area (Å²) < 4.78 is 10.7. The lowest BCUT2D eigenvalue weighted by molar-refractivity contribution is -0.121. The molecule has 5 rings (SSSR count). The molecule has 1 aromatic carbocycles. The minimum Gasteiger partial charge on any atom is -0.454 e. The van der Waals surface area contributed by atoms with E-state index in [1.165, 1.54) is 10.4 Å². The standard InChI is InChI=1S/C25H29N3O4S/c1-25(2,3)15-5-6-16-19(11-15)33-24-22(16)23(30)27-20(28-24)8-9-21(29)26-12-14-4-7-17-18(10-14)32-13-31-17/h4,7,10,15H,5-6,8-9,11-13H2,1-3H3,(H,26,29)(H,27,28,30)/t15-/m1/s1. The molecule has 0 radical (unpaired) electrons. The zero-order valence-corrected chi connectivity index (χ0v) is 20.1. The summed E-state index contributed by atoms with van der Waals surface area (Å²) in [5.41, 5.74) is 2.30. The number of benzene rings is 1. The number of ether oxygens (including phenoxy) is 2. The van der Waals surface area contributed by atoms with Gasteiger partial charge in [-0.3, -0.25) is 9.59 Å². The Morgan fingerprint density at radius 2 is 2.09 bits per heavy atom. The van der Waals surface area contributed by atoms with Crippen molar-refractivity contribution in [2.24, 2.45) is 11.3 Å².